The van der Waals surface area contributed by atoms with Crippen LogP contribution in [0.25, 0.3) is 0 Å². The molecule has 0 spiro atoms. The minimum absolute atomic E-state index is 0.0189. The molecule has 7 nitrogen and oxygen atoms in total. The number of carbonyl (C=O) groups is 1. The lowest BCUT2D eigenvalue weighted by molar-refractivity contribution is -0.117. The van der Waals surface area contributed by atoms with E-state index in [0.29, 0.717) is 22.4 Å². The van der Waals surface area contributed by atoms with Gasteiger partial charge in [-0.05, 0) is 24.6 Å². The first-order valence-corrected chi connectivity index (χ1v) is 12.5. The number of ether oxygens (including phenoxy) is 2. The third kappa shape index (κ3) is 4.57. The lowest BCUT2D eigenvalue weighted by Gasteiger charge is -2.26. The number of hydrogen-bond acceptors (Lipinski definition) is 6. The van der Waals surface area contributed by atoms with Gasteiger partial charge < -0.3 is 14.4 Å². The predicted molar refractivity (Wildman–Crippen MR) is 123 cm³/mol. The molecular formula is C22H24N2O5S2. The van der Waals surface area contributed by atoms with Crippen molar-refractivity contribution in [1.82, 2.24) is 0 Å². The highest BCUT2D eigenvalue weighted by Gasteiger charge is 2.50. The molecule has 2 aliphatic rings. The average molecular weight is 461 g/mol. The second-order valence-corrected chi connectivity index (χ2v) is 11.0. The fourth-order valence-electron chi connectivity index (χ4n) is 3.86. The number of anilines is 1. The number of methoxy groups -OCH3 is 2. The Kier molecular flexibility index (Phi) is 5.98. The van der Waals surface area contributed by atoms with Crippen LogP contribution in [-0.2, 0) is 21.1 Å². The summed E-state index contributed by atoms with van der Waals surface area (Å²) in [6, 6.07) is 12.8. The Labute approximate surface area is 186 Å². The summed E-state index contributed by atoms with van der Waals surface area (Å²) < 4.78 is 35.4. The molecule has 9 heteroatoms. The molecule has 0 aliphatic carbocycles. The molecule has 0 saturated carbocycles. The van der Waals surface area contributed by atoms with Crippen LogP contribution in [0.2, 0.25) is 0 Å². The number of benzene rings is 2. The van der Waals surface area contributed by atoms with E-state index in [4.69, 9.17) is 9.47 Å². The molecule has 0 aromatic heterocycles. The van der Waals surface area contributed by atoms with E-state index in [9.17, 15) is 13.2 Å². The largest absolute Gasteiger partial charge is 0.497 e. The van der Waals surface area contributed by atoms with Gasteiger partial charge in [-0.15, -0.1) is 0 Å². The molecule has 2 heterocycles. The lowest BCUT2D eigenvalue weighted by atomic mass is 10.1. The summed E-state index contributed by atoms with van der Waals surface area (Å²) in [6.07, 6.45) is 0.186. The number of aliphatic imine (C=N–C) groups is 1. The van der Waals surface area contributed by atoms with Crippen molar-refractivity contribution in [1.29, 1.82) is 0 Å². The number of aryl methyl sites for hydroxylation is 1. The Morgan fingerprint density at radius 3 is 2.55 bits per heavy atom. The van der Waals surface area contributed by atoms with Gasteiger partial charge in [0, 0.05) is 11.3 Å². The molecule has 4 rings (SSSR count). The first-order chi connectivity index (χ1) is 14.8. The van der Waals surface area contributed by atoms with Gasteiger partial charge in [-0.1, -0.05) is 41.6 Å². The van der Waals surface area contributed by atoms with Crippen molar-refractivity contribution < 1.29 is 22.7 Å². The van der Waals surface area contributed by atoms with Crippen LogP contribution >= 0.6 is 11.8 Å². The number of rotatable bonds is 5. The van der Waals surface area contributed by atoms with Gasteiger partial charge in [-0.2, -0.15) is 4.99 Å². The Morgan fingerprint density at radius 1 is 1.13 bits per heavy atom. The van der Waals surface area contributed by atoms with E-state index < -0.39 is 9.84 Å². The molecule has 2 aromatic rings. The summed E-state index contributed by atoms with van der Waals surface area (Å²) in [7, 11) is -0.0401. The van der Waals surface area contributed by atoms with Gasteiger partial charge in [0.15, 0.2) is 15.0 Å². The van der Waals surface area contributed by atoms with E-state index in [2.05, 4.69) is 4.99 Å². The van der Waals surface area contributed by atoms with Crippen LogP contribution in [0.15, 0.2) is 47.5 Å². The molecule has 1 amide bonds. The number of fused-ring (bicyclic) bond motifs is 1. The molecule has 0 N–H and O–H groups in total. The number of carbonyl (C=O) groups excluding carboxylic acids is 1. The number of amides is 1. The normalized spacial score (nSPS) is 23.1. The highest BCUT2D eigenvalue weighted by atomic mass is 32.2. The molecular weight excluding hydrogens is 436 g/mol. The molecule has 0 radical (unpaired) electrons. The highest BCUT2D eigenvalue weighted by Crippen LogP contribution is 2.44. The summed E-state index contributed by atoms with van der Waals surface area (Å²) in [6.45, 7) is 1.99. The Bertz CT molecular complexity index is 1130. The smallest absolute Gasteiger partial charge is 0.252 e. The third-order valence-corrected chi connectivity index (χ3v) is 8.62. The highest BCUT2D eigenvalue weighted by molar-refractivity contribution is 8.16. The van der Waals surface area contributed by atoms with Crippen molar-refractivity contribution in [2.45, 2.75) is 24.6 Å². The van der Waals surface area contributed by atoms with Gasteiger partial charge in [0.25, 0.3) is 5.91 Å². The van der Waals surface area contributed by atoms with Crippen molar-refractivity contribution in [2.24, 2.45) is 4.99 Å². The monoisotopic (exact) mass is 460 g/mol. The molecule has 2 saturated heterocycles. The predicted octanol–water partition coefficient (Wildman–Crippen LogP) is 2.86. The SMILES string of the molecule is COc1ccc(N2C(=NC(=O)Cc3ccc(C)cc3)S[C@H]3CS(=O)(=O)C[C@H]32)c(OC)c1. The van der Waals surface area contributed by atoms with E-state index >= 15 is 0 Å². The summed E-state index contributed by atoms with van der Waals surface area (Å²) in [4.78, 5) is 19.0. The van der Waals surface area contributed by atoms with Gasteiger partial charge in [0.2, 0.25) is 0 Å². The molecule has 2 atom stereocenters. The van der Waals surface area contributed by atoms with Crippen molar-refractivity contribution in [2.75, 3.05) is 30.6 Å². The number of sulfone groups is 1. The van der Waals surface area contributed by atoms with E-state index in [0.717, 1.165) is 11.1 Å². The maximum absolute atomic E-state index is 12.7. The third-order valence-electron chi connectivity index (χ3n) is 5.41. The minimum Gasteiger partial charge on any atom is -0.497 e. The summed E-state index contributed by atoms with van der Waals surface area (Å²) >= 11 is 1.35. The Hall–Kier alpha value is -2.52. The number of thioether (sulfide) groups is 1. The maximum Gasteiger partial charge on any atom is 0.252 e. The average Bonchev–Trinajstić information content (AvgIpc) is 3.19. The van der Waals surface area contributed by atoms with Crippen molar-refractivity contribution in [3.05, 3.63) is 53.6 Å². The first-order valence-electron chi connectivity index (χ1n) is 9.85. The standard InChI is InChI=1S/C22H24N2O5S2/c1-14-4-6-15(7-5-14)10-21(25)23-22-24(18-12-31(26,27)13-20(18)30-22)17-9-8-16(28-2)11-19(17)29-3/h4-9,11,18,20H,10,12-13H2,1-3H3/t18-,20+/m1/s1. The van der Waals surface area contributed by atoms with E-state index in [1.165, 1.54) is 11.8 Å². The number of nitrogens with zero attached hydrogens (tertiary/aromatic N) is 2. The van der Waals surface area contributed by atoms with Crippen LogP contribution in [-0.4, -0.2) is 56.5 Å². The molecule has 2 aliphatic heterocycles. The second kappa shape index (κ2) is 8.55. The van der Waals surface area contributed by atoms with Crippen molar-refractivity contribution in [3.63, 3.8) is 0 Å². The zero-order valence-electron chi connectivity index (χ0n) is 17.6. The summed E-state index contributed by atoms with van der Waals surface area (Å²) in [5.74, 6) is 0.972. The van der Waals surface area contributed by atoms with Gasteiger partial charge >= 0.3 is 0 Å². The topological polar surface area (TPSA) is 85.3 Å². The van der Waals surface area contributed by atoms with Gasteiger partial charge in [0.1, 0.15) is 11.5 Å². The number of amidine groups is 1. The number of hydrogen-bond donors (Lipinski definition) is 0. The zero-order chi connectivity index (χ0) is 22.2. The molecule has 0 bridgehead atoms. The van der Waals surface area contributed by atoms with E-state index in [1.807, 2.05) is 42.2 Å². The van der Waals surface area contributed by atoms with Gasteiger partial charge in [-0.25, -0.2) is 8.42 Å². The lowest BCUT2D eigenvalue weighted by Crippen LogP contribution is -2.38. The van der Waals surface area contributed by atoms with Gasteiger partial charge in [-0.3, -0.25) is 4.79 Å². The fourth-order valence-corrected chi connectivity index (χ4v) is 7.78. The van der Waals surface area contributed by atoms with Crippen LogP contribution < -0.4 is 14.4 Å². The minimum atomic E-state index is -3.15. The molecule has 2 aromatic carbocycles. The molecule has 0 unspecified atom stereocenters. The van der Waals surface area contributed by atoms with Crippen LogP contribution in [0.4, 0.5) is 5.69 Å². The van der Waals surface area contributed by atoms with E-state index in [-0.39, 0.29) is 35.1 Å². The van der Waals surface area contributed by atoms with Crippen LogP contribution in [0.1, 0.15) is 11.1 Å². The summed E-state index contributed by atoms with van der Waals surface area (Å²) in [5.41, 5.74) is 2.68. The Morgan fingerprint density at radius 2 is 1.87 bits per heavy atom. The zero-order valence-corrected chi connectivity index (χ0v) is 19.2. The van der Waals surface area contributed by atoms with E-state index in [1.54, 1.807) is 26.4 Å². The van der Waals surface area contributed by atoms with Crippen LogP contribution in [0.3, 0.4) is 0 Å². The van der Waals surface area contributed by atoms with Crippen molar-refractivity contribution >= 4 is 38.4 Å². The van der Waals surface area contributed by atoms with Crippen molar-refractivity contribution in [3.8, 4) is 11.5 Å². The van der Waals surface area contributed by atoms with Crippen LogP contribution in [0, 0.1) is 6.92 Å². The second-order valence-electron chi connectivity index (χ2n) is 7.66. The quantitative estimate of drug-likeness (QED) is 0.678. The Balaban J connectivity index is 1.69. The summed E-state index contributed by atoms with van der Waals surface area (Å²) in [5, 5.41) is 0.327. The first kappa shape index (κ1) is 21.7. The fraction of sp³-hybridized carbons (Fsp3) is 0.364. The molecule has 164 valence electrons. The van der Waals surface area contributed by atoms with Gasteiger partial charge in [0.05, 0.1) is 43.9 Å². The molecule has 2 fully saturated rings. The maximum atomic E-state index is 12.7. The van der Waals surface area contributed by atoms with Crippen LogP contribution in [0.5, 0.6) is 11.5 Å². The molecule has 31 heavy (non-hydrogen) atoms.